The molecule has 0 bridgehead atoms. The zero-order valence-corrected chi connectivity index (χ0v) is 15.9. The Morgan fingerprint density at radius 1 is 1.22 bits per heavy atom. The number of carbonyl (C=O) groups is 1. The van der Waals surface area contributed by atoms with Crippen molar-refractivity contribution in [2.24, 2.45) is 0 Å². The van der Waals surface area contributed by atoms with E-state index < -0.39 is 4.92 Å². The molecular weight excluding hydrogens is 364 g/mol. The monoisotopic (exact) mass is 384 g/mol. The Hall–Kier alpha value is -2.74. The first-order valence-corrected chi connectivity index (χ1v) is 9.89. The van der Waals surface area contributed by atoms with Crippen molar-refractivity contribution in [1.82, 2.24) is 14.3 Å². The van der Waals surface area contributed by atoms with E-state index in [0.717, 1.165) is 41.5 Å². The van der Waals surface area contributed by atoms with Crippen LogP contribution in [-0.4, -0.2) is 38.2 Å². The van der Waals surface area contributed by atoms with Gasteiger partial charge < -0.3 is 4.90 Å². The number of imidazole rings is 1. The number of aryl methyl sites for hydroxylation is 1. The van der Waals surface area contributed by atoms with Crippen LogP contribution in [0, 0.1) is 17.0 Å². The number of aromatic nitrogens is 2. The lowest BCUT2D eigenvalue weighted by molar-refractivity contribution is -0.384. The molecule has 0 saturated carbocycles. The molecule has 0 radical (unpaired) electrons. The minimum absolute atomic E-state index is 0.0395. The maximum atomic E-state index is 12.9. The molecule has 7 nitrogen and oxygen atoms in total. The second kappa shape index (κ2) is 7.11. The molecule has 4 rings (SSSR count). The summed E-state index contributed by atoms with van der Waals surface area (Å²) >= 11 is 1.39. The summed E-state index contributed by atoms with van der Waals surface area (Å²) in [6, 6.07) is 6.44. The molecule has 1 amide bonds. The first kappa shape index (κ1) is 17.7. The lowest BCUT2D eigenvalue weighted by Gasteiger charge is -2.19. The van der Waals surface area contributed by atoms with Gasteiger partial charge in [0.05, 0.1) is 10.6 Å². The zero-order chi connectivity index (χ0) is 19.0. The normalized spacial score (nSPS) is 15.1. The SMILES string of the molecule is Cc1c(C(=O)N2CCCCCC2)sc2nc(-c3cccc([N+](=O)[O-])c3)cn12. The number of fused-ring (bicyclic) bond motifs is 1. The molecule has 1 aromatic carbocycles. The van der Waals surface area contributed by atoms with Crippen LogP contribution in [0.3, 0.4) is 0 Å². The molecule has 1 fully saturated rings. The van der Waals surface area contributed by atoms with E-state index in [2.05, 4.69) is 4.98 Å². The number of thiazole rings is 1. The van der Waals surface area contributed by atoms with Crippen molar-refractivity contribution in [2.45, 2.75) is 32.6 Å². The Balaban J connectivity index is 1.66. The number of benzene rings is 1. The molecule has 27 heavy (non-hydrogen) atoms. The highest BCUT2D eigenvalue weighted by molar-refractivity contribution is 7.19. The predicted molar refractivity (Wildman–Crippen MR) is 104 cm³/mol. The van der Waals surface area contributed by atoms with Crippen LogP contribution in [0.25, 0.3) is 16.2 Å². The van der Waals surface area contributed by atoms with Crippen LogP contribution >= 0.6 is 11.3 Å². The summed E-state index contributed by atoms with van der Waals surface area (Å²) in [5, 5.41) is 11.0. The van der Waals surface area contributed by atoms with Gasteiger partial charge in [0.15, 0.2) is 4.96 Å². The van der Waals surface area contributed by atoms with Crippen LogP contribution in [0.1, 0.15) is 41.0 Å². The quantitative estimate of drug-likeness (QED) is 0.498. The van der Waals surface area contributed by atoms with E-state index in [1.165, 1.54) is 36.3 Å². The van der Waals surface area contributed by atoms with Gasteiger partial charge >= 0.3 is 0 Å². The summed E-state index contributed by atoms with van der Waals surface area (Å²) in [4.78, 5) is 31.5. The number of hydrogen-bond acceptors (Lipinski definition) is 5. The van der Waals surface area contributed by atoms with Crippen molar-refractivity contribution < 1.29 is 9.72 Å². The van der Waals surface area contributed by atoms with Crippen molar-refractivity contribution in [3.8, 4) is 11.3 Å². The van der Waals surface area contributed by atoms with Crippen LogP contribution in [0.2, 0.25) is 0 Å². The fourth-order valence-corrected chi connectivity index (χ4v) is 4.56. The van der Waals surface area contributed by atoms with E-state index in [9.17, 15) is 14.9 Å². The Morgan fingerprint density at radius 2 is 1.96 bits per heavy atom. The van der Waals surface area contributed by atoms with Crippen molar-refractivity contribution in [3.63, 3.8) is 0 Å². The maximum absolute atomic E-state index is 12.9. The molecule has 0 atom stereocenters. The molecule has 1 saturated heterocycles. The molecule has 0 N–H and O–H groups in total. The molecule has 140 valence electrons. The summed E-state index contributed by atoms with van der Waals surface area (Å²) in [7, 11) is 0. The van der Waals surface area contributed by atoms with E-state index in [1.54, 1.807) is 12.1 Å². The molecular formula is C19H20N4O3S. The number of likely N-dealkylation sites (tertiary alicyclic amines) is 1. The maximum Gasteiger partial charge on any atom is 0.270 e. The van der Waals surface area contributed by atoms with Crippen LogP contribution < -0.4 is 0 Å². The lowest BCUT2D eigenvalue weighted by Crippen LogP contribution is -2.31. The standard InChI is InChI=1S/C19H20N4O3S/c1-13-17(18(24)21-9-4-2-3-5-10-21)27-19-20-16(12-22(13)19)14-7-6-8-15(11-14)23(25)26/h6-8,11-12H,2-5,9-10H2,1H3. The van der Waals surface area contributed by atoms with Crippen molar-refractivity contribution in [3.05, 3.63) is 51.1 Å². The third kappa shape index (κ3) is 3.32. The van der Waals surface area contributed by atoms with Crippen molar-refractivity contribution >= 4 is 27.9 Å². The molecule has 0 spiro atoms. The van der Waals surface area contributed by atoms with Gasteiger partial charge in [-0.05, 0) is 19.8 Å². The smallest absolute Gasteiger partial charge is 0.270 e. The zero-order valence-electron chi connectivity index (χ0n) is 15.1. The Morgan fingerprint density at radius 3 is 2.63 bits per heavy atom. The van der Waals surface area contributed by atoms with Crippen LogP contribution in [-0.2, 0) is 0 Å². The van der Waals surface area contributed by atoms with Gasteiger partial charge in [-0.25, -0.2) is 4.98 Å². The fourth-order valence-electron chi connectivity index (χ4n) is 3.48. The second-order valence-electron chi connectivity index (χ2n) is 6.81. The van der Waals surface area contributed by atoms with E-state index in [-0.39, 0.29) is 11.6 Å². The Labute approximate surface area is 160 Å². The van der Waals surface area contributed by atoms with E-state index in [1.807, 2.05) is 22.4 Å². The second-order valence-corrected chi connectivity index (χ2v) is 7.79. The van der Waals surface area contributed by atoms with Gasteiger partial charge in [-0.15, -0.1) is 0 Å². The molecule has 2 aromatic heterocycles. The van der Waals surface area contributed by atoms with Gasteiger partial charge in [-0.3, -0.25) is 19.3 Å². The summed E-state index contributed by atoms with van der Waals surface area (Å²) in [5.74, 6) is 0.0850. The van der Waals surface area contributed by atoms with Gasteiger partial charge in [0.25, 0.3) is 11.6 Å². The molecule has 1 aliphatic rings. The number of non-ortho nitro benzene ring substituents is 1. The molecule has 3 heterocycles. The first-order chi connectivity index (χ1) is 13.0. The molecule has 0 unspecified atom stereocenters. The van der Waals surface area contributed by atoms with Crippen LogP contribution in [0.5, 0.6) is 0 Å². The van der Waals surface area contributed by atoms with E-state index in [4.69, 9.17) is 0 Å². The third-order valence-electron chi connectivity index (χ3n) is 5.00. The first-order valence-electron chi connectivity index (χ1n) is 9.07. The number of amides is 1. The lowest BCUT2D eigenvalue weighted by atomic mass is 10.1. The highest BCUT2D eigenvalue weighted by Gasteiger charge is 2.23. The number of rotatable bonds is 3. The summed E-state index contributed by atoms with van der Waals surface area (Å²) in [6.07, 6.45) is 6.33. The van der Waals surface area contributed by atoms with Gasteiger partial charge in [0, 0.05) is 42.7 Å². The molecule has 3 aromatic rings. The predicted octanol–water partition coefficient (Wildman–Crippen LogP) is 4.30. The van der Waals surface area contributed by atoms with Crippen molar-refractivity contribution in [2.75, 3.05) is 13.1 Å². The third-order valence-corrected chi connectivity index (χ3v) is 6.14. The number of nitro benzene ring substituents is 1. The Bertz CT molecular complexity index is 1020. The Kier molecular flexibility index (Phi) is 4.65. The fraction of sp³-hybridized carbons (Fsp3) is 0.368. The number of nitro groups is 1. The van der Waals surface area contributed by atoms with Gasteiger partial charge in [0.1, 0.15) is 4.88 Å². The average molecular weight is 384 g/mol. The van der Waals surface area contributed by atoms with Gasteiger partial charge in [-0.2, -0.15) is 0 Å². The van der Waals surface area contributed by atoms with Crippen molar-refractivity contribution in [1.29, 1.82) is 0 Å². The van der Waals surface area contributed by atoms with Gasteiger partial charge in [-0.1, -0.05) is 36.3 Å². The molecule has 0 aliphatic carbocycles. The minimum atomic E-state index is -0.412. The minimum Gasteiger partial charge on any atom is -0.338 e. The number of nitrogens with zero attached hydrogens (tertiary/aromatic N) is 4. The summed E-state index contributed by atoms with van der Waals surface area (Å²) in [6.45, 7) is 3.56. The van der Waals surface area contributed by atoms with Gasteiger partial charge in [0.2, 0.25) is 0 Å². The molecule has 8 heteroatoms. The number of hydrogen-bond donors (Lipinski definition) is 0. The van der Waals surface area contributed by atoms with Crippen LogP contribution in [0.15, 0.2) is 30.5 Å². The summed E-state index contributed by atoms with van der Waals surface area (Å²) in [5.41, 5.74) is 2.27. The average Bonchev–Trinajstić information content (AvgIpc) is 3.08. The van der Waals surface area contributed by atoms with E-state index in [0.29, 0.717) is 11.3 Å². The highest BCUT2D eigenvalue weighted by Crippen LogP contribution is 2.29. The largest absolute Gasteiger partial charge is 0.338 e. The highest BCUT2D eigenvalue weighted by atomic mass is 32.1. The summed E-state index contributed by atoms with van der Waals surface area (Å²) < 4.78 is 1.91. The molecule has 1 aliphatic heterocycles. The topological polar surface area (TPSA) is 80.8 Å². The van der Waals surface area contributed by atoms with E-state index >= 15 is 0 Å². The number of carbonyl (C=O) groups excluding carboxylic acids is 1. The van der Waals surface area contributed by atoms with Crippen LogP contribution in [0.4, 0.5) is 5.69 Å².